The van der Waals surface area contributed by atoms with Gasteiger partial charge < -0.3 is 4.79 Å². The first-order valence-electron chi connectivity index (χ1n) is 8.59. The third kappa shape index (κ3) is 5.92. The maximum atomic E-state index is 11.9. The van der Waals surface area contributed by atoms with Gasteiger partial charge >= 0.3 is 0 Å². The first kappa shape index (κ1) is 21.2. The van der Waals surface area contributed by atoms with Crippen LogP contribution >= 0.6 is 0 Å². The van der Waals surface area contributed by atoms with Crippen molar-refractivity contribution in [2.75, 3.05) is 0 Å². The van der Waals surface area contributed by atoms with E-state index in [1.165, 1.54) is 13.8 Å². The average Bonchev–Trinajstić information content (AvgIpc) is 2.62. The lowest BCUT2D eigenvalue weighted by Crippen LogP contribution is -2.40. The minimum atomic E-state index is -0.334. The fraction of sp³-hybridized carbons (Fsp3) is 0.261. The van der Waals surface area contributed by atoms with Gasteiger partial charge in [-0.05, 0) is 37.3 Å². The molecule has 0 saturated carbocycles. The molecule has 140 valence electrons. The second-order valence-corrected chi connectivity index (χ2v) is 6.40. The van der Waals surface area contributed by atoms with Crippen LogP contribution in [0.1, 0.15) is 40.3 Å². The van der Waals surface area contributed by atoms with Crippen LogP contribution in [-0.2, 0) is 17.6 Å². The summed E-state index contributed by atoms with van der Waals surface area (Å²) in [6, 6.07) is 9.75. The second-order valence-electron chi connectivity index (χ2n) is 6.40. The van der Waals surface area contributed by atoms with E-state index in [1.54, 1.807) is 12.2 Å². The minimum absolute atomic E-state index is 0. The molecule has 2 aromatic carbocycles. The van der Waals surface area contributed by atoms with E-state index in [1.807, 2.05) is 43.3 Å². The first-order valence-corrected chi connectivity index (χ1v) is 8.59. The Morgan fingerprint density at radius 3 is 2.12 bits per heavy atom. The number of carbonyl (C=O) groups excluding carboxylic acids is 1. The van der Waals surface area contributed by atoms with E-state index in [0.29, 0.717) is 24.0 Å². The molecule has 2 rings (SSSR count). The Morgan fingerprint density at radius 1 is 1.08 bits per heavy atom. The molecule has 0 unspecified atom stereocenters. The van der Waals surface area contributed by atoms with Crippen LogP contribution < -0.4 is 10.9 Å². The molecule has 0 aliphatic carbocycles. The maximum Gasteiger partial charge on any atom is 0.229 e. The summed E-state index contributed by atoms with van der Waals surface area (Å²) in [6.45, 7) is 12.6. The molecular formula is C23H30O3. The smallest absolute Gasteiger partial charge is 0.229 e. The number of hydrogen-bond donors (Lipinski definition) is 0. The first-order chi connectivity index (χ1) is 12.3. The van der Waals surface area contributed by atoms with Crippen molar-refractivity contribution in [3.8, 4) is 0 Å². The number of carbonyl (C=O) groups is 1. The minimum Gasteiger partial charge on any atom is -0.300 e. The zero-order valence-corrected chi connectivity index (χ0v) is 15.7. The van der Waals surface area contributed by atoms with E-state index in [4.69, 9.17) is 0 Å². The van der Waals surface area contributed by atoms with E-state index in [-0.39, 0.29) is 25.4 Å². The lowest BCUT2D eigenvalue weighted by atomic mass is 9.86. The van der Waals surface area contributed by atoms with Gasteiger partial charge in [0.1, 0.15) is 5.78 Å². The van der Waals surface area contributed by atoms with Gasteiger partial charge in [-0.3, -0.25) is 9.59 Å². The zero-order valence-electron chi connectivity index (χ0n) is 15.7. The van der Waals surface area contributed by atoms with Crippen LogP contribution in [0.15, 0.2) is 76.9 Å². The van der Waals surface area contributed by atoms with Gasteiger partial charge in [0.15, 0.2) is 0 Å². The van der Waals surface area contributed by atoms with Crippen LogP contribution in [-0.4, -0.2) is 5.78 Å². The van der Waals surface area contributed by atoms with E-state index in [9.17, 15) is 14.4 Å². The summed E-state index contributed by atoms with van der Waals surface area (Å²) in [5, 5.41) is 0. The zero-order chi connectivity index (χ0) is 19.7. The molecule has 3 heteroatoms. The van der Waals surface area contributed by atoms with Crippen LogP contribution in [0, 0.1) is 5.92 Å². The topological polar surface area (TPSA) is 51.2 Å². The number of rotatable bonds is 7. The molecule has 2 aromatic rings. The summed E-state index contributed by atoms with van der Waals surface area (Å²) in [5.74, 6) is 0.299. The van der Waals surface area contributed by atoms with Crippen molar-refractivity contribution in [3.05, 3.63) is 104 Å². The van der Waals surface area contributed by atoms with Crippen molar-refractivity contribution >= 4 is 5.78 Å². The van der Waals surface area contributed by atoms with Crippen molar-refractivity contribution in [3.63, 3.8) is 0 Å². The lowest BCUT2D eigenvalue weighted by Gasteiger charge is -2.16. The Hall–Kier alpha value is -2.81. The van der Waals surface area contributed by atoms with Crippen LogP contribution in [0.2, 0.25) is 0 Å². The Bertz CT molecular complexity index is 869. The van der Waals surface area contributed by atoms with Gasteiger partial charge in [-0.25, -0.2) is 0 Å². The maximum absolute atomic E-state index is 11.9. The normalized spacial score (nSPS) is 12.0. The second kappa shape index (κ2) is 10.2. The van der Waals surface area contributed by atoms with Crippen molar-refractivity contribution < 1.29 is 7.65 Å². The highest BCUT2D eigenvalue weighted by Gasteiger charge is 2.22. The molecule has 3 nitrogen and oxygen atoms in total. The molecule has 0 aromatic heterocycles. The summed E-state index contributed by atoms with van der Waals surface area (Å²) in [4.78, 5) is 33.2. The highest BCUT2D eigenvalue weighted by Crippen LogP contribution is 2.19. The number of benzene rings is 1. The standard InChI is InChI=1S/C20H20O2.C3H6O.2H2/c1-4-9-16(5-2)14(3)12-17-18(20(22)19(17)21)13-15-10-7-6-8-11-15;1-3(2)4;;/h4-11,14H,1-2,12-13H2,3H3;1-2H3;2*1H/b16-9+;;;/t14-;;;/m0.../s1. The molecule has 0 N–H and O–H groups in total. The van der Waals surface area contributed by atoms with Crippen molar-refractivity contribution in [2.45, 2.75) is 33.6 Å². The third-order valence-corrected chi connectivity index (χ3v) is 3.97. The van der Waals surface area contributed by atoms with Crippen molar-refractivity contribution in [1.29, 1.82) is 0 Å². The van der Waals surface area contributed by atoms with Gasteiger partial charge in [0.05, 0.1) is 0 Å². The fourth-order valence-electron chi connectivity index (χ4n) is 2.68. The Kier molecular flexibility index (Phi) is 8.36. The van der Waals surface area contributed by atoms with Gasteiger partial charge in [0.2, 0.25) is 10.9 Å². The average molecular weight is 354 g/mol. The molecular weight excluding hydrogens is 324 g/mol. The van der Waals surface area contributed by atoms with Gasteiger partial charge in [0, 0.05) is 20.4 Å². The summed E-state index contributed by atoms with van der Waals surface area (Å²) in [5.41, 5.74) is 2.73. The predicted molar refractivity (Wildman–Crippen MR) is 113 cm³/mol. The largest absolute Gasteiger partial charge is 0.300 e. The highest BCUT2D eigenvalue weighted by atomic mass is 16.2. The van der Waals surface area contributed by atoms with Gasteiger partial charge in [-0.2, -0.15) is 0 Å². The van der Waals surface area contributed by atoms with Crippen LogP contribution in [0.3, 0.4) is 0 Å². The van der Waals surface area contributed by atoms with Crippen LogP contribution in [0.4, 0.5) is 0 Å². The SMILES string of the molecule is C=C/C=C(\C=C)[C@@H](C)Cc1c(Cc2ccccc2)c(=O)c1=O.CC(C)=O.[HH].[HH]. The van der Waals surface area contributed by atoms with Gasteiger partial charge in [-0.1, -0.05) is 68.6 Å². The highest BCUT2D eigenvalue weighted by molar-refractivity contribution is 5.72. The monoisotopic (exact) mass is 354 g/mol. The van der Waals surface area contributed by atoms with E-state index in [0.717, 1.165) is 11.1 Å². The number of hydrogen-bond acceptors (Lipinski definition) is 3. The molecule has 0 radical (unpaired) electrons. The quantitative estimate of drug-likeness (QED) is 0.546. The van der Waals surface area contributed by atoms with Crippen molar-refractivity contribution in [1.82, 2.24) is 0 Å². The number of allylic oxidation sites excluding steroid dienone is 4. The predicted octanol–water partition coefficient (Wildman–Crippen LogP) is 4.44. The lowest BCUT2D eigenvalue weighted by molar-refractivity contribution is -0.114. The van der Waals surface area contributed by atoms with Crippen LogP contribution in [0.5, 0.6) is 0 Å². The number of Topliss-reactive ketones (excluding diaryl/α,β-unsaturated/α-hetero) is 1. The van der Waals surface area contributed by atoms with E-state index < -0.39 is 0 Å². The molecule has 0 amide bonds. The summed E-state index contributed by atoms with van der Waals surface area (Å²) in [6.07, 6.45) is 6.47. The molecule has 26 heavy (non-hydrogen) atoms. The molecule has 0 fully saturated rings. The van der Waals surface area contributed by atoms with Gasteiger partial charge in [-0.15, -0.1) is 0 Å². The summed E-state index contributed by atoms with van der Waals surface area (Å²) < 4.78 is 0. The Morgan fingerprint density at radius 2 is 1.62 bits per heavy atom. The molecule has 1 atom stereocenters. The third-order valence-electron chi connectivity index (χ3n) is 3.97. The molecule has 0 heterocycles. The Balaban J connectivity index is 0. The van der Waals surface area contributed by atoms with Crippen LogP contribution in [0.25, 0.3) is 0 Å². The molecule has 0 aliphatic rings. The molecule has 0 spiro atoms. The molecule has 0 aliphatic heterocycles. The molecule has 0 bridgehead atoms. The van der Waals surface area contributed by atoms with Gasteiger partial charge in [0.25, 0.3) is 0 Å². The number of ketones is 1. The molecule has 0 saturated heterocycles. The Labute approximate surface area is 158 Å². The van der Waals surface area contributed by atoms with E-state index in [2.05, 4.69) is 13.2 Å². The summed E-state index contributed by atoms with van der Waals surface area (Å²) in [7, 11) is 0. The fourth-order valence-corrected chi connectivity index (χ4v) is 2.68. The van der Waals surface area contributed by atoms with Crippen molar-refractivity contribution in [2.24, 2.45) is 5.92 Å². The summed E-state index contributed by atoms with van der Waals surface area (Å²) >= 11 is 0. The van der Waals surface area contributed by atoms with E-state index >= 15 is 0 Å².